The van der Waals surface area contributed by atoms with E-state index in [1.165, 1.54) is 17.7 Å². The lowest BCUT2D eigenvalue weighted by Gasteiger charge is -2.02. The first kappa shape index (κ1) is 13.6. The van der Waals surface area contributed by atoms with Crippen LogP contribution in [-0.2, 0) is 13.0 Å². The first-order valence-electron chi connectivity index (χ1n) is 7.13. The molecule has 0 aliphatic rings. The summed E-state index contributed by atoms with van der Waals surface area (Å²) in [5.41, 5.74) is 3.16. The molecule has 1 heterocycles. The molecule has 0 radical (unpaired) electrons. The molecule has 21 heavy (non-hydrogen) atoms. The average Bonchev–Trinajstić information content (AvgIpc) is 2.97. The van der Waals surface area contributed by atoms with Crippen LogP contribution in [-0.4, -0.2) is 9.78 Å². The van der Waals surface area contributed by atoms with Gasteiger partial charge in [0.2, 0.25) is 0 Å². The normalized spacial score (nSPS) is 10.7. The van der Waals surface area contributed by atoms with Crippen molar-refractivity contribution in [3.63, 3.8) is 0 Å². The minimum atomic E-state index is -0.218. The predicted molar refractivity (Wildman–Crippen MR) is 82.4 cm³/mol. The molecule has 2 aromatic carbocycles. The quantitative estimate of drug-likeness (QED) is 0.680. The summed E-state index contributed by atoms with van der Waals surface area (Å²) in [5, 5.41) is 4.35. The standard InChI is InChI=1S/C18H17FN2/c19-18-10-4-9-16(12-18)17-13-20-21(14-17)11-5-8-15-6-2-1-3-7-15/h1-4,6-7,9-10,12-14H,5,8,11H2. The molecule has 0 unspecified atom stereocenters. The van der Waals surface area contributed by atoms with Gasteiger partial charge in [0.25, 0.3) is 0 Å². The summed E-state index contributed by atoms with van der Waals surface area (Å²) in [4.78, 5) is 0. The van der Waals surface area contributed by atoms with Crippen LogP contribution < -0.4 is 0 Å². The molecule has 0 N–H and O–H groups in total. The fraction of sp³-hybridized carbons (Fsp3) is 0.167. The number of benzene rings is 2. The molecule has 106 valence electrons. The summed E-state index contributed by atoms with van der Waals surface area (Å²) in [5.74, 6) is -0.218. The number of hydrogen-bond donors (Lipinski definition) is 0. The van der Waals surface area contributed by atoms with E-state index in [1.807, 2.05) is 23.0 Å². The van der Waals surface area contributed by atoms with E-state index in [1.54, 1.807) is 12.3 Å². The zero-order valence-electron chi connectivity index (χ0n) is 11.7. The third-order valence-corrected chi connectivity index (χ3v) is 3.49. The largest absolute Gasteiger partial charge is 0.272 e. The highest BCUT2D eigenvalue weighted by atomic mass is 19.1. The van der Waals surface area contributed by atoms with Gasteiger partial charge in [-0.1, -0.05) is 42.5 Å². The molecule has 1 aromatic heterocycles. The van der Waals surface area contributed by atoms with Gasteiger partial charge in [0.1, 0.15) is 5.82 Å². The average molecular weight is 280 g/mol. The second-order valence-electron chi connectivity index (χ2n) is 5.09. The maximum atomic E-state index is 13.2. The number of nitrogens with zero attached hydrogens (tertiary/aromatic N) is 2. The minimum Gasteiger partial charge on any atom is -0.272 e. The van der Waals surface area contributed by atoms with Crippen molar-refractivity contribution in [1.82, 2.24) is 9.78 Å². The molecule has 0 aliphatic carbocycles. The SMILES string of the molecule is Fc1cccc(-c2cnn(CCCc3ccccc3)c2)c1. The Bertz CT molecular complexity index is 704. The molecule has 0 fully saturated rings. The number of aryl methyl sites for hydroxylation is 2. The Balaban J connectivity index is 1.60. The van der Waals surface area contributed by atoms with Crippen molar-refractivity contribution in [2.45, 2.75) is 19.4 Å². The van der Waals surface area contributed by atoms with E-state index in [9.17, 15) is 4.39 Å². The molecule has 2 nitrogen and oxygen atoms in total. The van der Waals surface area contributed by atoms with Crippen LogP contribution in [0.2, 0.25) is 0 Å². The fourth-order valence-electron chi connectivity index (χ4n) is 2.39. The Hall–Kier alpha value is -2.42. The number of rotatable bonds is 5. The monoisotopic (exact) mass is 280 g/mol. The van der Waals surface area contributed by atoms with Crippen molar-refractivity contribution in [2.24, 2.45) is 0 Å². The van der Waals surface area contributed by atoms with Crippen molar-refractivity contribution in [2.75, 3.05) is 0 Å². The van der Waals surface area contributed by atoms with E-state index >= 15 is 0 Å². The lowest BCUT2D eigenvalue weighted by Crippen LogP contribution is -1.99. The summed E-state index contributed by atoms with van der Waals surface area (Å²) in [6.45, 7) is 0.865. The Morgan fingerprint density at radius 3 is 2.62 bits per heavy atom. The van der Waals surface area contributed by atoms with Crippen molar-refractivity contribution < 1.29 is 4.39 Å². The summed E-state index contributed by atoms with van der Waals surface area (Å²) in [7, 11) is 0. The van der Waals surface area contributed by atoms with E-state index in [-0.39, 0.29) is 5.82 Å². The Labute approximate surface area is 123 Å². The van der Waals surface area contributed by atoms with Crippen LogP contribution in [0.4, 0.5) is 4.39 Å². The van der Waals surface area contributed by atoms with Gasteiger partial charge in [0.05, 0.1) is 6.20 Å². The van der Waals surface area contributed by atoms with E-state index in [4.69, 9.17) is 0 Å². The Morgan fingerprint density at radius 2 is 1.81 bits per heavy atom. The molecule has 0 spiro atoms. The van der Waals surface area contributed by atoms with Gasteiger partial charge in [0, 0.05) is 18.3 Å². The molecular formula is C18H17FN2. The van der Waals surface area contributed by atoms with Crippen LogP contribution in [0.1, 0.15) is 12.0 Å². The summed E-state index contributed by atoms with van der Waals surface area (Å²) < 4.78 is 15.1. The van der Waals surface area contributed by atoms with Crippen LogP contribution in [0.3, 0.4) is 0 Å². The smallest absolute Gasteiger partial charge is 0.123 e. The van der Waals surface area contributed by atoms with Crippen molar-refractivity contribution in [1.29, 1.82) is 0 Å². The van der Waals surface area contributed by atoms with Crippen LogP contribution in [0, 0.1) is 5.82 Å². The highest BCUT2D eigenvalue weighted by Gasteiger charge is 2.03. The first-order chi connectivity index (χ1) is 10.3. The van der Waals surface area contributed by atoms with Gasteiger partial charge < -0.3 is 0 Å². The van der Waals surface area contributed by atoms with Gasteiger partial charge in [0.15, 0.2) is 0 Å². The Kier molecular flexibility index (Phi) is 4.10. The maximum absolute atomic E-state index is 13.2. The van der Waals surface area contributed by atoms with Crippen molar-refractivity contribution in [3.05, 3.63) is 78.4 Å². The number of hydrogen-bond acceptors (Lipinski definition) is 1. The van der Waals surface area contributed by atoms with Gasteiger partial charge >= 0.3 is 0 Å². The van der Waals surface area contributed by atoms with Crippen LogP contribution in [0.25, 0.3) is 11.1 Å². The lowest BCUT2D eigenvalue weighted by molar-refractivity contribution is 0.579. The zero-order chi connectivity index (χ0) is 14.5. The summed E-state index contributed by atoms with van der Waals surface area (Å²) in [6, 6.07) is 17.0. The lowest BCUT2D eigenvalue weighted by atomic mass is 10.1. The van der Waals surface area contributed by atoms with Crippen LogP contribution in [0.15, 0.2) is 67.0 Å². The second kappa shape index (κ2) is 6.35. The molecule has 0 bridgehead atoms. The van der Waals surface area contributed by atoms with Crippen molar-refractivity contribution in [3.8, 4) is 11.1 Å². The molecule has 3 aromatic rings. The summed E-state index contributed by atoms with van der Waals surface area (Å²) in [6.07, 6.45) is 5.83. The topological polar surface area (TPSA) is 17.8 Å². The van der Waals surface area contributed by atoms with E-state index < -0.39 is 0 Å². The van der Waals surface area contributed by atoms with Gasteiger partial charge in [-0.3, -0.25) is 4.68 Å². The van der Waals surface area contributed by atoms with Gasteiger partial charge in [-0.2, -0.15) is 5.10 Å². The van der Waals surface area contributed by atoms with E-state index in [0.717, 1.165) is 30.5 Å². The highest BCUT2D eigenvalue weighted by Crippen LogP contribution is 2.19. The molecule has 3 heteroatoms. The fourth-order valence-corrected chi connectivity index (χ4v) is 2.39. The molecule has 0 saturated heterocycles. The molecule has 0 aliphatic heterocycles. The van der Waals surface area contributed by atoms with Crippen molar-refractivity contribution >= 4 is 0 Å². The number of aromatic nitrogens is 2. The Morgan fingerprint density at radius 1 is 0.952 bits per heavy atom. The first-order valence-corrected chi connectivity index (χ1v) is 7.13. The molecule has 0 amide bonds. The molecule has 3 rings (SSSR count). The zero-order valence-corrected chi connectivity index (χ0v) is 11.7. The molecular weight excluding hydrogens is 263 g/mol. The van der Waals surface area contributed by atoms with E-state index in [2.05, 4.69) is 29.4 Å². The van der Waals surface area contributed by atoms with Crippen LogP contribution in [0.5, 0.6) is 0 Å². The third-order valence-electron chi connectivity index (χ3n) is 3.49. The van der Waals surface area contributed by atoms with Gasteiger partial charge in [-0.25, -0.2) is 4.39 Å². The number of halogens is 1. The highest BCUT2D eigenvalue weighted by molar-refractivity contribution is 5.61. The predicted octanol–water partition coefficient (Wildman–Crippen LogP) is 4.32. The minimum absolute atomic E-state index is 0.218. The van der Waals surface area contributed by atoms with Gasteiger partial charge in [-0.15, -0.1) is 0 Å². The third kappa shape index (κ3) is 3.57. The van der Waals surface area contributed by atoms with Crippen LogP contribution >= 0.6 is 0 Å². The van der Waals surface area contributed by atoms with E-state index in [0.29, 0.717) is 0 Å². The summed E-state index contributed by atoms with van der Waals surface area (Å²) >= 11 is 0. The van der Waals surface area contributed by atoms with Gasteiger partial charge in [-0.05, 0) is 36.1 Å². The molecule has 0 saturated carbocycles. The molecule has 0 atom stereocenters. The second-order valence-corrected chi connectivity index (χ2v) is 5.09. The maximum Gasteiger partial charge on any atom is 0.123 e.